The molecule has 1 N–H and O–H groups in total. The van der Waals surface area contributed by atoms with Gasteiger partial charge in [-0.2, -0.15) is 5.10 Å². The summed E-state index contributed by atoms with van der Waals surface area (Å²) in [6.45, 7) is 3.17. The highest BCUT2D eigenvalue weighted by atomic mass is 16.5. The topological polar surface area (TPSA) is 77.8 Å². The van der Waals surface area contributed by atoms with E-state index in [9.17, 15) is 4.79 Å². The van der Waals surface area contributed by atoms with Crippen molar-refractivity contribution in [3.63, 3.8) is 0 Å². The maximum absolute atomic E-state index is 12.0. The van der Waals surface area contributed by atoms with Crippen molar-refractivity contribution >= 4 is 17.2 Å². The zero-order valence-corrected chi connectivity index (χ0v) is 11.9. The van der Waals surface area contributed by atoms with E-state index in [1.807, 2.05) is 13.0 Å². The SMILES string of the molecule is Cc1ccn2ncnc2c1NC(=O)COC[C@H]1CCCO1. The molecule has 0 aromatic carbocycles. The molecule has 1 saturated heterocycles. The highest BCUT2D eigenvalue weighted by Gasteiger charge is 2.16. The molecule has 0 spiro atoms. The number of anilines is 1. The Bertz CT molecular complexity index is 634. The van der Waals surface area contributed by atoms with Crippen molar-refractivity contribution in [2.75, 3.05) is 25.1 Å². The van der Waals surface area contributed by atoms with Crippen LogP contribution in [0.15, 0.2) is 18.6 Å². The van der Waals surface area contributed by atoms with E-state index >= 15 is 0 Å². The van der Waals surface area contributed by atoms with Gasteiger partial charge in [-0.25, -0.2) is 9.50 Å². The van der Waals surface area contributed by atoms with Crippen molar-refractivity contribution in [1.82, 2.24) is 14.6 Å². The number of pyridine rings is 1. The van der Waals surface area contributed by atoms with E-state index in [1.165, 1.54) is 6.33 Å². The maximum Gasteiger partial charge on any atom is 0.250 e. The molecule has 1 atom stereocenters. The molecule has 112 valence electrons. The van der Waals surface area contributed by atoms with Crippen molar-refractivity contribution in [3.8, 4) is 0 Å². The number of rotatable bonds is 5. The minimum Gasteiger partial charge on any atom is -0.376 e. The predicted octanol–water partition coefficient (Wildman–Crippen LogP) is 1.17. The van der Waals surface area contributed by atoms with Crippen LogP contribution >= 0.6 is 0 Å². The van der Waals surface area contributed by atoms with Crippen LogP contribution in [0, 0.1) is 6.92 Å². The first-order valence-electron chi connectivity index (χ1n) is 7.02. The third kappa shape index (κ3) is 3.20. The summed E-state index contributed by atoms with van der Waals surface area (Å²) in [5, 5.41) is 6.89. The molecule has 0 radical (unpaired) electrons. The second kappa shape index (κ2) is 6.19. The molecule has 3 heterocycles. The van der Waals surface area contributed by atoms with Crippen LogP contribution in [-0.4, -0.2) is 46.4 Å². The van der Waals surface area contributed by atoms with Crippen LogP contribution in [0.3, 0.4) is 0 Å². The number of nitrogens with zero attached hydrogens (tertiary/aromatic N) is 3. The molecule has 1 aliphatic heterocycles. The molecule has 0 saturated carbocycles. The third-order valence-corrected chi connectivity index (χ3v) is 3.48. The molecule has 7 heteroatoms. The molecule has 1 fully saturated rings. The second-order valence-corrected chi connectivity index (χ2v) is 5.10. The van der Waals surface area contributed by atoms with Crippen LogP contribution in [0.2, 0.25) is 0 Å². The van der Waals surface area contributed by atoms with Crippen molar-refractivity contribution in [2.24, 2.45) is 0 Å². The van der Waals surface area contributed by atoms with E-state index in [0.29, 0.717) is 17.9 Å². The minimum atomic E-state index is -0.202. The molecular formula is C14H18N4O3. The summed E-state index contributed by atoms with van der Waals surface area (Å²) in [6, 6.07) is 1.88. The summed E-state index contributed by atoms with van der Waals surface area (Å²) in [6.07, 6.45) is 5.45. The number of aryl methyl sites for hydroxylation is 1. The Labute approximate surface area is 122 Å². The van der Waals surface area contributed by atoms with E-state index < -0.39 is 0 Å². The molecule has 0 bridgehead atoms. The van der Waals surface area contributed by atoms with Gasteiger partial charge in [0.2, 0.25) is 5.91 Å². The average molecular weight is 290 g/mol. The Morgan fingerprint density at radius 1 is 1.62 bits per heavy atom. The summed E-state index contributed by atoms with van der Waals surface area (Å²) in [5.74, 6) is -0.202. The van der Waals surface area contributed by atoms with E-state index in [0.717, 1.165) is 25.0 Å². The van der Waals surface area contributed by atoms with E-state index in [2.05, 4.69) is 15.4 Å². The zero-order valence-electron chi connectivity index (χ0n) is 11.9. The number of ether oxygens (including phenoxy) is 2. The molecule has 3 rings (SSSR count). The number of fused-ring (bicyclic) bond motifs is 1. The average Bonchev–Trinajstić information content (AvgIpc) is 3.13. The number of nitrogens with one attached hydrogen (secondary N) is 1. The van der Waals surface area contributed by atoms with Gasteiger partial charge in [-0.1, -0.05) is 0 Å². The summed E-state index contributed by atoms with van der Waals surface area (Å²) >= 11 is 0. The quantitative estimate of drug-likeness (QED) is 0.894. The molecule has 0 aliphatic carbocycles. The zero-order chi connectivity index (χ0) is 14.7. The summed E-state index contributed by atoms with van der Waals surface area (Å²) < 4.78 is 12.5. The van der Waals surface area contributed by atoms with Crippen LogP contribution in [-0.2, 0) is 14.3 Å². The fourth-order valence-corrected chi connectivity index (χ4v) is 2.37. The summed E-state index contributed by atoms with van der Waals surface area (Å²) in [7, 11) is 0. The third-order valence-electron chi connectivity index (χ3n) is 3.48. The minimum absolute atomic E-state index is 0.00842. The predicted molar refractivity (Wildman–Crippen MR) is 76.1 cm³/mol. The smallest absolute Gasteiger partial charge is 0.250 e. The van der Waals surface area contributed by atoms with Crippen LogP contribution in [0.5, 0.6) is 0 Å². The molecular weight excluding hydrogens is 272 g/mol. The largest absolute Gasteiger partial charge is 0.376 e. The van der Waals surface area contributed by atoms with Crippen molar-refractivity contribution in [1.29, 1.82) is 0 Å². The van der Waals surface area contributed by atoms with Crippen LogP contribution in [0.4, 0.5) is 5.69 Å². The van der Waals surface area contributed by atoms with Gasteiger partial charge >= 0.3 is 0 Å². The number of hydrogen-bond donors (Lipinski definition) is 1. The van der Waals surface area contributed by atoms with Crippen molar-refractivity contribution in [3.05, 3.63) is 24.2 Å². The normalized spacial score (nSPS) is 18.2. The van der Waals surface area contributed by atoms with Gasteiger partial charge < -0.3 is 14.8 Å². The second-order valence-electron chi connectivity index (χ2n) is 5.10. The lowest BCUT2D eigenvalue weighted by atomic mass is 10.2. The molecule has 7 nitrogen and oxygen atoms in total. The van der Waals surface area contributed by atoms with Gasteiger partial charge in [-0.3, -0.25) is 4.79 Å². The van der Waals surface area contributed by atoms with Gasteiger partial charge in [-0.05, 0) is 31.4 Å². The van der Waals surface area contributed by atoms with Crippen LogP contribution in [0.1, 0.15) is 18.4 Å². The van der Waals surface area contributed by atoms with Gasteiger partial charge in [0.1, 0.15) is 12.9 Å². The fraction of sp³-hybridized carbons (Fsp3) is 0.500. The number of aromatic nitrogens is 3. The van der Waals surface area contributed by atoms with Crippen molar-refractivity contribution in [2.45, 2.75) is 25.9 Å². The molecule has 0 unspecified atom stereocenters. The molecule has 1 aliphatic rings. The van der Waals surface area contributed by atoms with Gasteiger partial charge in [0.25, 0.3) is 0 Å². The Kier molecular flexibility index (Phi) is 4.12. The Hall–Kier alpha value is -1.99. The number of carbonyl (C=O) groups excluding carboxylic acids is 1. The monoisotopic (exact) mass is 290 g/mol. The number of carbonyl (C=O) groups is 1. The molecule has 1 amide bonds. The highest BCUT2D eigenvalue weighted by Crippen LogP contribution is 2.19. The summed E-state index contributed by atoms with van der Waals surface area (Å²) in [5.41, 5.74) is 2.23. The Morgan fingerprint density at radius 2 is 2.52 bits per heavy atom. The fourth-order valence-electron chi connectivity index (χ4n) is 2.37. The number of hydrogen-bond acceptors (Lipinski definition) is 5. The molecule has 21 heavy (non-hydrogen) atoms. The first-order chi connectivity index (χ1) is 10.2. The van der Waals surface area contributed by atoms with E-state index in [-0.39, 0.29) is 18.6 Å². The van der Waals surface area contributed by atoms with E-state index in [1.54, 1.807) is 10.7 Å². The van der Waals surface area contributed by atoms with Gasteiger partial charge in [-0.15, -0.1) is 0 Å². The first kappa shape index (κ1) is 14.0. The Morgan fingerprint density at radius 3 is 3.33 bits per heavy atom. The molecule has 2 aromatic heterocycles. The highest BCUT2D eigenvalue weighted by molar-refractivity contribution is 5.96. The first-order valence-corrected chi connectivity index (χ1v) is 7.02. The van der Waals surface area contributed by atoms with E-state index in [4.69, 9.17) is 9.47 Å². The van der Waals surface area contributed by atoms with Crippen LogP contribution in [0.25, 0.3) is 5.65 Å². The van der Waals surface area contributed by atoms with Gasteiger partial charge in [0, 0.05) is 12.8 Å². The van der Waals surface area contributed by atoms with Gasteiger partial charge in [0.05, 0.1) is 18.4 Å². The lowest BCUT2D eigenvalue weighted by Crippen LogP contribution is -2.23. The summed E-state index contributed by atoms with van der Waals surface area (Å²) in [4.78, 5) is 16.1. The standard InChI is InChI=1S/C14H18N4O3/c1-10-4-5-18-14(15-9-16-18)13(10)17-12(19)8-20-7-11-3-2-6-21-11/h4-5,9,11H,2-3,6-8H2,1H3,(H,17,19)/t11-/m1/s1. The van der Waals surface area contributed by atoms with Crippen LogP contribution < -0.4 is 5.32 Å². The Balaban J connectivity index is 1.58. The lowest BCUT2D eigenvalue weighted by molar-refractivity contribution is -0.121. The molecule has 2 aromatic rings. The van der Waals surface area contributed by atoms with Gasteiger partial charge in [0.15, 0.2) is 5.65 Å². The lowest BCUT2D eigenvalue weighted by Gasteiger charge is -2.11. The van der Waals surface area contributed by atoms with Crippen molar-refractivity contribution < 1.29 is 14.3 Å². The maximum atomic E-state index is 12.0. The number of amides is 1.